The molecular formula is C18H20N4O6S. The predicted octanol–water partition coefficient (Wildman–Crippen LogP) is 2.24. The van der Waals surface area contributed by atoms with E-state index in [1.54, 1.807) is 19.2 Å². The van der Waals surface area contributed by atoms with Crippen molar-refractivity contribution in [3.63, 3.8) is 0 Å². The number of nitrogens with one attached hydrogen (secondary N) is 1. The van der Waals surface area contributed by atoms with Crippen LogP contribution in [0.15, 0.2) is 33.1 Å². The molecule has 1 aliphatic rings. The Kier molecular flexibility index (Phi) is 5.01. The fourth-order valence-corrected chi connectivity index (χ4v) is 4.55. The lowest BCUT2D eigenvalue weighted by atomic mass is 10.0. The summed E-state index contributed by atoms with van der Waals surface area (Å²) in [5.41, 5.74) is 0.541. The van der Waals surface area contributed by atoms with Crippen LogP contribution in [0.25, 0.3) is 22.6 Å². The van der Waals surface area contributed by atoms with Gasteiger partial charge in [0.25, 0.3) is 5.89 Å². The maximum Gasteiger partial charge on any atom is 0.322 e. The van der Waals surface area contributed by atoms with Gasteiger partial charge in [-0.3, -0.25) is 10.1 Å². The summed E-state index contributed by atoms with van der Waals surface area (Å²) in [7, 11) is -1.95. The largest absolute Gasteiger partial charge is 0.493 e. The summed E-state index contributed by atoms with van der Waals surface area (Å²) in [6, 6.07) is 6.25. The van der Waals surface area contributed by atoms with Crippen LogP contribution in [0.3, 0.4) is 0 Å². The second kappa shape index (κ2) is 7.48. The lowest BCUT2D eigenvalue weighted by molar-refractivity contribution is -0.120. The molecule has 3 aromatic rings. The van der Waals surface area contributed by atoms with E-state index in [9.17, 15) is 13.2 Å². The summed E-state index contributed by atoms with van der Waals surface area (Å²) in [6.07, 6.45) is 3.01. The van der Waals surface area contributed by atoms with Gasteiger partial charge in [0.1, 0.15) is 6.04 Å². The maximum atomic E-state index is 12.6. The fraction of sp³-hybridized carbons (Fsp3) is 0.389. The summed E-state index contributed by atoms with van der Waals surface area (Å²) in [5, 5.41) is 11.0. The number of benzene rings is 1. The van der Waals surface area contributed by atoms with Gasteiger partial charge < -0.3 is 13.6 Å². The molecule has 10 nitrogen and oxygen atoms in total. The van der Waals surface area contributed by atoms with Gasteiger partial charge in [-0.2, -0.15) is 4.31 Å². The molecule has 1 aromatic carbocycles. The van der Waals surface area contributed by atoms with Gasteiger partial charge >= 0.3 is 6.01 Å². The molecule has 11 heteroatoms. The zero-order chi connectivity index (χ0) is 20.6. The van der Waals surface area contributed by atoms with Crippen LogP contribution in [0.4, 0.5) is 6.01 Å². The number of ether oxygens (including phenoxy) is 1. The Bertz CT molecular complexity index is 1150. The molecule has 1 saturated heterocycles. The second-order valence-electron chi connectivity index (χ2n) is 6.78. The van der Waals surface area contributed by atoms with Crippen molar-refractivity contribution < 1.29 is 26.8 Å². The van der Waals surface area contributed by atoms with E-state index in [-0.39, 0.29) is 11.9 Å². The van der Waals surface area contributed by atoms with Crippen molar-refractivity contribution in [1.82, 2.24) is 14.5 Å². The van der Waals surface area contributed by atoms with E-state index in [1.165, 1.54) is 4.31 Å². The maximum absolute atomic E-state index is 12.6. The number of hydrogen-bond donors (Lipinski definition) is 1. The molecular weight excluding hydrogens is 400 g/mol. The van der Waals surface area contributed by atoms with Gasteiger partial charge in [0.2, 0.25) is 15.9 Å². The van der Waals surface area contributed by atoms with E-state index in [0.29, 0.717) is 30.1 Å². The van der Waals surface area contributed by atoms with Crippen LogP contribution in [0, 0.1) is 0 Å². The number of anilines is 1. The smallest absolute Gasteiger partial charge is 0.322 e. The van der Waals surface area contributed by atoms with E-state index >= 15 is 0 Å². The third kappa shape index (κ3) is 3.83. The molecule has 1 fully saturated rings. The van der Waals surface area contributed by atoms with E-state index in [1.807, 2.05) is 12.1 Å². The van der Waals surface area contributed by atoms with Crippen LogP contribution in [-0.4, -0.2) is 54.8 Å². The third-order valence-electron chi connectivity index (χ3n) is 4.78. The Morgan fingerprint density at radius 3 is 2.86 bits per heavy atom. The summed E-state index contributed by atoms with van der Waals surface area (Å²) in [4.78, 5) is 12.6. The highest BCUT2D eigenvalue weighted by molar-refractivity contribution is 7.88. The Labute approximate surface area is 166 Å². The van der Waals surface area contributed by atoms with Crippen LogP contribution in [0.5, 0.6) is 5.75 Å². The Morgan fingerprint density at radius 2 is 2.10 bits per heavy atom. The summed E-state index contributed by atoms with van der Waals surface area (Å²) in [5.74, 6) is 0.478. The molecule has 4 rings (SSSR count). The molecule has 0 saturated carbocycles. The third-order valence-corrected chi connectivity index (χ3v) is 6.07. The highest BCUT2D eigenvalue weighted by atomic mass is 32.2. The first-order valence-electron chi connectivity index (χ1n) is 9.05. The molecule has 1 N–H and O–H groups in total. The number of amides is 1. The molecule has 0 spiro atoms. The van der Waals surface area contributed by atoms with Gasteiger partial charge in [0, 0.05) is 11.9 Å². The van der Waals surface area contributed by atoms with Crippen LogP contribution in [0.1, 0.15) is 19.3 Å². The number of piperidine rings is 1. The first kappa shape index (κ1) is 19.4. The fourth-order valence-electron chi connectivity index (χ4n) is 3.43. The molecule has 1 aliphatic heterocycles. The minimum Gasteiger partial charge on any atom is -0.493 e. The van der Waals surface area contributed by atoms with E-state index in [2.05, 4.69) is 15.5 Å². The topological polar surface area (TPSA) is 128 Å². The number of sulfonamides is 1. The van der Waals surface area contributed by atoms with E-state index in [4.69, 9.17) is 13.6 Å². The molecule has 0 bridgehead atoms. The molecule has 1 atom stereocenters. The van der Waals surface area contributed by atoms with Gasteiger partial charge in [-0.15, -0.1) is 5.10 Å². The zero-order valence-corrected chi connectivity index (χ0v) is 16.7. The molecule has 0 unspecified atom stereocenters. The average molecular weight is 420 g/mol. The molecule has 154 valence electrons. The molecule has 0 radical (unpaired) electrons. The minimum absolute atomic E-state index is 0.0853. The average Bonchev–Trinajstić information content (AvgIpc) is 3.33. The van der Waals surface area contributed by atoms with Crippen LogP contribution < -0.4 is 10.1 Å². The van der Waals surface area contributed by atoms with Crippen LogP contribution in [-0.2, 0) is 14.8 Å². The SMILES string of the molecule is COc1cccc2cc(-c3nnc(NC(=O)[C@H]4CCCCN4S(C)(=O)=O)o3)oc12. The monoisotopic (exact) mass is 420 g/mol. The van der Waals surface area contributed by atoms with Gasteiger partial charge in [-0.1, -0.05) is 23.7 Å². The first-order valence-corrected chi connectivity index (χ1v) is 10.9. The molecule has 3 heterocycles. The van der Waals surface area contributed by atoms with Crippen LogP contribution >= 0.6 is 0 Å². The van der Waals surface area contributed by atoms with Crippen molar-refractivity contribution in [3.05, 3.63) is 24.3 Å². The number of carbonyl (C=O) groups excluding carboxylic acids is 1. The quantitative estimate of drug-likeness (QED) is 0.666. The highest BCUT2D eigenvalue weighted by Crippen LogP contribution is 2.33. The summed E-state index contributed by atoms with van der Waals surface area (Å²) >= 11 is 0. The number of nitrogens with zero attached hydrogens (tertiary/aromatic N) is 3. The van der Waals surface area contributed by atoms with Crippen molar-refractivity contribution in [3.8, 4) is 17.4 Å². The van der Waals surface area contributed by atoms with Crippen LogP contribution in [0.2, 0.25) is 0 Å². The van der Waals surface area contributed by atoms with E-state index in [0.717, 1.165) is 24.5 Å². The number of hydrogen-bond acceptors (Lipinski definition) is 8. The van der Waals surface area contributed by atoms with E-state index < -0.39 is 22.0 Å². The minimum atomic E-state index is -3.49. The zero-order valence-electron chi connectivity index (χ0n) is 15.9. The van der Waals surface area contributed by atoms with Gasteiger partial charge in [0.05, 0.1) is 13.4 Å². The molecule has 0 aliphatic carbocycles. The Balaban J connectivity index is 1.54. The van der Waals surface area contributed by atoms with Gasteiger partial charge in [0.15, 0.2) is 17.1 Å². The number of rotatable bonds is 5. The standard InChI is InChI=1S/C18H20N4O6S/c1-26-13-8-5-6-11-10-14(27-15(11)13)17-20-21-18(28-17)19-16(23)12-7-3-4-9-22(12)29(2,24)25/h5-6,8,10,12H,3-4,7,9H2,1-2H3,(H,19,21,23)/t12-/m1/s1. The van der Waals surface area contributed by atoms with Crippen molar-refractivity contribution in [2.45, 2.75) is 25.3 Å². The second-order valence-corrected chi connectivity index (χ2v) is 8.71. The number of para-hydroxylation sites is 1. The Morgan fingerprint density at radius 1 is 1.28 bits per heavy atom. The lowest BCUT2D eigenvalue weighted by Gasteiger charge is -2.32. The predicted molar refractivity (Wildman–Crippen MR) is 104 cm³/mol. The van der Waals surface area contributed by atoms with Gasteiger partial charge in [-0.05, 0) is 25.0 Å². The summed E-state index contributed by atoms with van der Waals surface area (Å²) in [6.45, 7) is 0.312. The normalized spacial score (nSPS) is 18.1. The van der Waals surface area contributed by atoms with Crippen molar-refractivity contribution in [1.29, 1.82) is 0 Å². The Hall–Kier alpha value is -2.92. The molecule has 2 aromatic heterocycles. The van der Waals surface area contributed by atoms with Crippen molar-refractivity contribution in [2.75, 3.05) is 25.2 Å². The number of fused-ring (bicyclic) bond motifs is 1. The number of carbonyl (C=O) groups is 1. The first-order chi connectivity index (χ1) is 13.9. The molecule has 29 heavy (non-hydrogen) atoms. The number of methoxy groups -OCH3 is 1. The number of furan rings is 1. The lowest BCUT2D eigenvalue weighted by Crippen LogP contribution is -2.49. The van der Waals surface area contributed by atoms with Crippen molar-refractivity contribution >= 4 is 32.9 Å². The molecule has 1 amide bonds. The highest BCUT2D eigenvalue weighted by Gasteiger charge is 2.35. The number of aromatic nitrogens is 2. The van der Waals surface area contributed by atoms with Crippen molar-refractivity contribution in [2.24, 2.45) is 0 Å². The summed E-state index contributed by atoms with van der Waals surface area (Å²) < 4.78 is 41.6. The van der Waals surface area contributed by atoms with Gasteiger partial charge in [-0.25, -0.2) is 8.42 Å².